The fourth-order valence-corrected chi connectivity index (χ4v) is 6.00. The summed E-state index contributed by atoms with van der Waals surface area (Å²) in [5, 5.41) is 10.4. The third-order valence-electron chi connectivity index (χ3n) is 7.23. The standard InChI is InChI=1S/C33H27N3O4S/c34-19-26-6-1-3-7-28(26)24-11-9-23(10-12-24)21-40-30-22-39-27(18-29(30)37)20-35-13-15-36(16-14-35)33(38)32-17-25-5-2-4-8-31(25)41-32/h1-12,17-18,22H,13-16,20-21H2. The number of thiophene rings is 1. The average molecular weight is 562 g/mol. The van der Waals surface area contributed by atoms with Crippen LogP contribution in [0.5, 0.6) is 5.75 Å². The van der Waals surface area contributed by atoms with E-state index in [0.717, 1.165) is 31.7 Å². The summed E-state index contributed by atoms with van der Waals surface area (Å²) in [6.45, 7) is 3.37. The van der Waals surface area contributed by atoms with Crippen LogP contribution in [0.4, 0.5) is 0 Å². The van der Waals surface area contributed by atoms with Crippen molar-refractivity contribution < 1.29 is 13.9 Å². The van der Waals surface area contributed by atoms with Gasteiger partial charge in [-0.25, -0.2) is 0 Å². The molecule has 2 aromatic heterocycles. The van der Waals surface area contributed by atoms with Gasteiger partial charge in [0.25, 0.3) is 5.91 Å². The molecule has 0 unspecified atom stereocenters. The predicted molar refractivity (Wildman–Crippen MR) is 159 cm³/mol. The second-order valence-electron chi connectivity index (χ2n) is 9.93. The summed E-state index contributed by atoms with van der Waals surface area (Å²) >= 11 is 1.53. The van der Waals surface area contributed by atoms with Gasteiger partial charge in [0, 0.05) is 36.9 Å². The minimum absolute atomic E-state index is 0.0699. The smallest absolute Gasteiger partial charge is 0.264 e. The van der Waals surface area contributed by atoms with E-state index in [-0.39, 0.29) is 23.7 Å². The van der Waals surface area contributed by atoms with Crippen LogP contribution in [-0.2, 0) is 13.2 Å². The van der Waals surface area contributed by atoms with Crippen LogP contribution in [0.2, 0.25) is 0 Å². The molecule has 6 rings (SSSR count). The van der Waals surface area contributed by atoms with Crippen molar-refractivity contribution in [2.75, 3.05) is 26.2 Å². The quantitative estimate of drug-likeness (QED) is 0.245. The third-order valence-corrected chi connectivity index (χ3v) is 8.34. The Bertz CT molecular complexity index is 1760. The summed E-state index contributed by atoms with van der Waals surface area (Å²) < 4.78 is 12.6. The van der Waals surface area contributed by atoms with E-state index in [1.807, 2.05) is 77.7 Å². The first kappa shape index (κ1) is 26.5. The SMILES string of the molecule is N#Cc1ccccc1-c1ccc(COc2coc(CN3CCN(C(=O)c4cc5ccccc5s4)CC3)cc2=O)cc1. The number of carbonyl (C=O) groups excluding carboxylic acids is 1. The summed E-state index contributed by atoms with van der Waals surface area (Å²) in [6.07, 6.45) is 1.37. The molecule has 7 nitrogen and oxygen atoms in total. The number of hydrogen-bond donors (Lipinski definition) is 0. The molecule has 1 amide bonds. The van der Waals surface area contributed by atoms with Crippen molar-refractivity contribution in [1.82, 2.24) is 9.80 Å². The maximum Gasteiger partial charge on any atom is 0.264 e. The van der Waals surface area contributed by atoms with Crippen molar-refractivity contribution >= 4 is 27.3 Å². The lowest BCUT2D eigenvalue weighted by molar-refractivity contribution is 0.0624. The number of amides is 1. The molecule has 0 aliphatic carbocycles. The average Bonchev–Trinajstić information content (AvgIpc) is 3.45. The zero-order valence-corrected chi connectivity index (χ0v) is 23.1. The Morgan fingerprint density at radius 2 is 1.71 bits per heavy atom. The Kier molecular flexibility index (Phi) is 7.63. The summed E-state index contributed by atoms with van der Waals surface area (Å²) in [6, 6.07) is 28.9. The van der Waals surface area contributed by atoms with Crippen LogP contribution >= 0.6 is 11.3 Å². The van der Waals surface area contributed by atoms with Crippen molar-refractivity contribution in [1.29, 1.82) is 5.26 Å². The normalized spacial score (nSPS) is 13.7. The van der Waals surface area contributed by atoms with Crippen LogP contribution in [0.3, 0.4) is 0 Å². The summed E-state index contributed by atoms with van der Waals surface area (Å²) in [4.78, 5) is 30.6. The molecule has 1 fully saturated rings. The number of hydrogen-bond acceptors (Lipinski definition) is 7. The lowest BCUT2D eigenvalue weighted by Crippen LogP contribution is -2.48. The molecular weight excluding hydrogens is 534 g/mol. The molecule has 0 atom stereocenters. The molecule has 3 heterocycles. The van der Waals surface area contributed by atoms with Gasteiger partial charge in [0.05, 0.1) is 23.1 Å². The van der Waals surface area contributed by atoms with Gasteiger partial charge in [-0.1, -0.05) is 60.7 Å². The van der Waals surface area contributed by atoms with E-state index in [1.165, 1.54) is 23.7 Å². The van der Waals surface area contributed by atoms with Gasteiger partial charge in [-0.15, -0.1) is 11.3 Å². The largest absolute Gasteiger partial charge is 0.482 e. The van der Waals surface area contributed by atoms with Crippen LogP contribution in [0, 0.1) is 11.3 Å². The van der Waals surface area contributed by atoms with Crippen molar-refractivity contribution in [3.05, 3.63) is 123 Å². The molecule has 5 aromatic rings. The highest BCUT2D eigenvalue weighted by atomic mass is 32.1. The van der Waals surface area contributed by atoms with Crippen molar-refractivity contribution in [2.24, 2.45) is 0 Å². The topological polar surface area (TPSA) is 86.8 Å². The Labute approximate surface area is 241 Å². The molecule has 3 aromatic carbocycles. The van der Waals surface area contributed by atoms with Gasteiger partial charge in [0.1, 0.15) is 18.6 Å². The van der Waals surface area contributed by atoms with E-state index in [2.05, 4.69) is 11.0 Å². The number of piperazine rings is 1. The Hall–Kier alpha value is -4.71. The summed E-state index contributed by atoms with van der Waals surface area (Å²) in [5.74, 6) is 0.791. The molecule has 0 saturated carbocycles. The molecule has 1 aliphatic heterocycles. The van der Waals surface area contributed by atoms with Gasteiger partial charge in [0.15, 0.2) is 0 Å². The number of rotatable bonds is 7. The molecule has 0 bridgehead atoms. The van der Waals surface area contributed by atoms with E-state index in [0.29, 0.717) is 44.0 Å². The fraction of sp³-hybridized carbons (Fsp3) is 0.182. The highest BCUT2D eigenvalue weighted by Crippen LogP contribution is 2.27. The van der Waals surface area contributed by atoms with E-state index >= 15 is 0 Å². The molecule has 41 heavy (non-hydrogen) atoms. The first-order valence-electron chi connectivity index (χ1n) is 13.4. The van der Waals surface area contributed by atoms with E-state index < -0.39 is 0 Å². The molecule has 0 radical (unpaired) electrons. The highest BCUT2D eigenvalue weighted by Gasteiger charge is 2.24. The van der Waals surface area contributed by atoms with Crippen molar-refractivity contribution in [3.8, 4) is 22.9 Å². The lowest BCUT2D eigenvalue weighted by atomic mass is 9.99. The fourth-order valence-electron chi connectivity index (χ4n) is 4.97. The molecule has 1 aliphatic rings. The maximum absolute atomic E-state index is 13.0. The van der Waals surface area contributed by atoms with E-state index in [4.69, 9.17) is 9.15 Å². The molecule has 0 spiro atoms. The van der Waals surface area contributed by atoms with Crippen LogP contribution in [0.1, 0.15) is 26.6 Å². The molecule has 204 valence electrons. The number of ether oxygens (including phenoxy) is 1. The predicted octanol–water partition coefficient (Wildman–Crippen LogP) is 5.93. The number of benzene rings is 3. The summed E-state index contributed by atoms with van der Waals surface area (Å²) in [7, 11) is 0. The zero-order valence-electron chi connectivity index (χ0n) is 22.3. The van der Waals surface area contributed by atoms with Crippen LogP contribution < -0.4 is 10.2 Å². The first-order chi connectivity index (χ1) is 20.1. The van der Waals surface area contributed by atoms with E-state index in [1.54, 1.807) is 6.07 Å². The van der Waals surface area contributed by atoms with Gasteiger partial charge in [-0.2, -0.15) is 5.26 Å². The monoisotopic (exact) mass is 561 g/mol. The lowest BCUT2D eigenvalue weighted by Gasteiger charge is -2.34. The number of nitrogens with zero attached hydrogens (tertiary/aromatic N) is 3. The molecule has 8 heteroatoms. The minimum atomic E-state index is -0.232. The molecule has 0 N–H and O–H groups in total. The molecular formula is C33H27N3O4S. The van der Waals surface area contributed by atoms with Gasteiger partial charge in [0.2, 0.25) is 11.2 Å². The van der Waals surface area contributed by atoms with Crippen LogP contribution in [-0.4, -0.2) is 41.9 Å². The van der Waals surface area contributed by atoms with Crippen molar-refractivity contribution in [3.63, 3.8) is 0 Å². The number of carbonyl (C=O) groups is 1. The van der Waals surface area contributed by atoms with Crippen LogP contribution in [0.25, 0.3) is 21.2 Å². The second-order valence-corrected chi connectivity index (χ2v) is 11.0. The van der Waals surface area contributed by atoms with Crippen LogP contribution in [0.15, 0.2) is 100 Å². The Balaban J connectivity index is 1.01. The van der Waals surface area contributed by atoms with Gasteiger partial charge < -0.3 is 14.1 Å². The van der Waals surface area contributed by atoms with Gasteiger partial charge in [-0.05, 0) is 40.3 Å². The Morgan fingerprint density at radius 1 is 0.951 bits per heavy atom. The maximum atomic E-state index is 13.0. The van der Waals surface area contributed by atoms with Gasteiger partial charge >= 0.3 is 0 Å². The number of fused-ring (bicyclic) bond motifs is 1. The second kappa shape index (κ2) is 11.8. The van der Waals surface area contributed by atoms with E-state index in [9.17, 15) is 14.9 Å². The Morgan fingerprint density at radius 3 is 2.46 bits per heavy atom. The minimum Gasteiger partial charge on any atom is -0.482 e. The first-order valence-corrected chi connectivity index (χ1v) is 14.2. The highest BCUT2D eigenvalue weighted by molar-refractivity contribution is 7.20. The number of nitriles is 1. The molecule has 1 saturated heterocycles. The summed E-state index contributed by atoms with van der Waals surface area (Å²) in [5.41, 5.74) is 3.11. The third kappa shape index (κ3) is 5.92. The zero-order chi connectivity index (χ0) is 28.2. The van der Waals surface area contributed by atoms with Crippen molar-refractivity contribution in [2.45, 2.75) is 13.2 Å². The van der Waals surface area contributed by atoms with Gasteiger partial charge in [-0.3, -0.25) is 14.5 Å².